The quantitative estimate of drug-likeness (QED) is 0.819. The minimum Gasteiger partial charge on any atom is -0.334 e. The summed E-state index contributed by atoms with van der Waals surface area (Å²) in [6, 6.07) is 6.51. The number of nitrogens with two attached hydrogens (primary N) is 1. The third kappa shape index (κ3) is 4.65. The monoisotopic (exact) mass is 415 g/mol. The fourth-order valence-corrected chi connectivity index (χ4v) is 5.78. The molecule has 0 radical (unpaired) electrons. The van der Waals surface area contributed by atoms with Crippen LogP contribution in [0.1, 0.15) is 55.8 Å². The fourth-order valence-electron chi connectivity index (χ4n) is 4.03. The zero-order valence-electron chi connectivity index (χ0n) is 15.8. The predicted molar refractivity (Wildman–Crippen MR) is 109 cm³/mol. The minimum atomic E-state index is -3.58. The van der Waals surface area contributed by atoms with E-state index in [9.17, 15) is 13.2 Å². The predicted octanol–water partition coefficient (Wildman–Crippen LogP) is 2.62. The molecule has 6 nitrogen and oxygen atoms in total. The molecule has 152 valence electrons. The molecular weight excluding hydrogens is 386 g/mol. The van der Waals surface area contributed by atoms with E-state index < -0.39 is 10.0 Å². The molecule has 2 fully saturated rings. The van der Waals surface area contributed by atoms with Crippen molar-refractivity contribution >= 4 is 28.3 Å². The van der Waals surface area contributed by atoms with E-state index in [2.05, 4.69) is 0 Å². The molecule has 1 amide bonds. The first-order valence-electron chi connectivity index (χ1n) is 9.58. The highest BCUT2D eigenvalue weighted by molar-refractivity contribution is 7.89. The zero-order valence-corrected chi connectivity index (χ0v) is 17.5. The topological polar surface area (TPSA) is 83.7 Å². The number of rotatable bonds is 4. The molecule has 0 aliphatic carbocycles. The Morgan fingerprint density at radius 1 is 1.15 bits per heavy atom. The molecule has 3 rings (SSSR count). The highest BCUT2D eigenvalue weighted by Crippen LogP contribution is 2.26. The van der Waals surface area contributed by atoms with E-state index >= 15 is 0 Å². The largest absolute Gasteiger partial charge is 0.334 e. The number of carbonyl (C=O) groups is 1. The minimum absolute atomic E-state index is 0. The molecule has 2 saturated heterocycles. The van der Waals surface area contributed by atoms with Gasteiger partial charge >= 0.3 is 0 Å². The average molecular weight is 416 g/mol. The molecule has 0 saturated carbocycles. The number of carbonyl (C=O) groups excluding carboxylic acids is 1. The van der Waals surface area contributed by atoms with Crippen LogP contribution in [-0.2, 0) is 10.0 Å². The van der Waals surface area contributed by atoms with Crippen LogP contribution in [0.25, 0.3) is 0 Å². The molecule has 2 aliphatic rings. The van der Waals surface area contributed by atoms with E-state index in [4.69, 9.17) is 5.73 Å². The molecule has 2 aliphatic heterocycles. The maximum absolute atomic E-state index is 13.1. The van der Waals surface area contributed by atoms with Crippen LogP contribution in [0, 0.1) is 0 Å². The van der Waals surface area contributed by atoms with Gasteiger partial charge in [0.15, 0.2) is 0 Å². The van der Waals surface area contributed by atoms with E-state index in [1.165, 1.54) is 6.07 Å². The number of hydrogen-bond donors (Lipinski definition) is 1. The van der Waals surface area contributed by atoms with Crippen molar-refractivity contribution in [3.8, 4) is 0 Å². The normalized spacial score (nSPS) is 24.3. The number of likely N-dealkylation sites (tertiary alicyclic amines) is 1. The van der Waals surface area contributed by atoms with Crippen molar-refractivity contribution in [2.24, 2.45) is 5.73 Å². The van der Waals surface area contributed by atoms with Crippen LogP contribution in [0.2, 0.25) is 0 Å². The summed E-state index contributed by atoms with van der Waals surface area (Å²) >= 11 is 0. The summed E-state index contributed by atoms with van der Waals surface area (Å²) in [5, 5.41) is 0. The van der Waals surface area contributed by atoms with Crippen molar-refractivity contribution in [2.45, 2.75) is 62.4 Å². The Kier molecular flexibility index (Phi) is 7.68. The van der Waals surface area contributed by atoms with Gasteiger partial charge in [-0.3, -0.25) is 4.79 Å². The third-order valence-electron chi connectivity index (χ3n) is 5.59. The molecule has 0 spiro atoms. The third-order valence-corrected chi connectivity index (χ3v) is 7.60. The maximum atomic E-state index is 13.1. The SMILES string of the molecule is CC1CCCCN1S(=O)(=O)c1cccc(C(=O)N2CCCCC2CN)c1.Cl. The second-order valence-electron chi connectivity index (χ2n) is 7.37. The molecule has 2 atom stereocenters. The van der Waals surface area contributed by atoms with E-state index in [-0.39, 0.29) is 35.3 Å². The molecule has 2 N–H and O–H groups in total. The van der Waals surface area contributed by atoms with Crippen LogP contribution in [0.15, 0.2) is 29.2 Å². The number of piperidine rings is 2. The zero-order chi connectivity index (χ0) is 18.7. The van der Waals surface area contributed by atoms with Crippen LogP contribution < -0.4 is 5.73 Å². The van der Waals surface area contributed by atoms with E-state index in [0.717, 1.165) is 38.5 Å². The van der Waals surface area contributed by atoms with Gasteiger partial charge in [0, 0.05) is 37.3 Å². The number of benzene rings is 1. The lowest BCUT2D eigenvalue weighted by molar-refractivity contribution is 0.0623. The van der Waals surface area contributed by atoms with Crippen molar-refractivity contribution in [3.63, 3.8) is 0 Å². The Bertz CT molecular complexity index is 756. The van der Waals surface area contributed by atoms with Gasteiger partial charge in [-0.1, -0.05) is 12.5 Å². The fraction of sp³-hybridized carbons (Fsp3) is 0.632. The maximum Gasteiger partial charge on any atom is 0.254 e. The first-order valence-corrected chi connectivity index (χ1v) is 11.0. The van der Waals surface area contributed by atoms with E-state index in [1.54, 1.807) is 27.4 Å². The summed E-state index contributed by atoms with van der Waals surface area (Å²) in [4.78, 5) is 15.0. The summed E-state index contributed by atoms with van der Waals surface area (Å²) in [6.07, 6.45) is 5.77. The number of sulfonamides is 1. The summed E-state index contributed by atoms with van der Waals surface area (Å²) in [6.45, 7) is 3.62. The van der Waals surface area contributed by atoms with Crippen molar-refractivity contribution in [3.05, 3.63) is 29.8 Å². The second-order valence-corrected chi connectivity index (χ2v) is 9.26. The lowest BCUT2D eigenvalue weighted by Crippen LogP contribution is -2.47. The summed E-state index contributed by atoms with van der Waals surface area (Å²) in [7, 11) is -3.58. The van der Waals surface area contributed by atoms with Crippen LogP contribution in [0.4, 0.5) is 0 Å². The highest BCUT2D eigenvalue weighted by atomic mass is 35.5. The summed E-state index contributed by atoms with van der Waals surface area (Å²) in [5.74, 6) is -0.121. The van der Waals surface area contributed by atoms with Crippen LogP contribution in [-0.4, -0.2) is 55.2 Å². The Labute approximate surface area is 168 Å². The van der Waals surface area contributed by atoms with Gasteiger partial charge in [-0.2, -0.15) is 4.31 Å². The Morgan fingerprint density at radius 2 is 1.85 bits per heavy atom. The number of hydrogen-bond acceptors (Lipinski definition) is 4. The van der Waals surface area contributed by atoms with Gasteiger partial charge in [-0.05, 0) is 57.2 Å². The van der Waals surface area contributed by atoms with Crippen molar-refractivity contribution in [2.75, 3.05) is 19.6 Å². The standard InChI is InChI=1S/C19H29N3O3S.ClH/c1-15-7-2-5-12-22(15)26(24,25)18-10-6-8-16(13-18)19(23)21-11-4-3-9-17(21)14-20;/h6,8,10,13,15,17H,2-5,7,9,11-12,14,20H2,1H3;1H. The lowest BCUT2D eigenvalue weighted by Gasteiger charge is -2.35. The number of halogens is 1. The highest BCUT2D eigenvalue weighted by Gasteiger charge is 2.32. The first kappa shape index (κ1) is 22.1. The lowest BCUT2D eigenvalue weighted by atomic mass is 10.0. The summed E-state index contributed by atoms with van der Waals surface area (Å²) < 4.78 is 27.7. The van der Waals surface area contributed by atoms with Crippen molar-refractivity contribution < 1.29 is 13.2 Å². The van der Waals surface area contributed by atoms with Crippen molar-refractivity contribution in [1.29, 1.82) is 0 Å². The first-order chi connectivity index (χ1) is 12.4. The Morgan fingerprint density at radius 3 is 2.56 bits per heavy atom. The van der Waals surface area contributed by atoms with Crippen LogP contribution in [0.5, 0.6) is 0 Å². The van der Waals surface area contributed by atoms with Gasteiger partial charge in [0.05, 0.1) is 4.90 Å². The van der Waals surface area contributed by atoms with E-state index in [0.29, 0.717) is 25.2 Å². The van der Waals surface area contributed by atoms with Crippen LogP contribution >= 0.6 is 12.4 Å². The molecule has 0 bridgehead atoms. The van der Waals surface area contributed by atoms with Gasteiger partial charge in [0.25, 0.3) is 5.91 Å². The van der Waals surface area contributed by atoms with Gasteiger partial charge in [0.2, 0.25) is 10.0 Å². The van der Waals surface area contributed by atoms with Crippen LogP contribution in [0.3, 0.4) is 0 Å². The molecule has 0 aromatic heterocycles. The van der Waals surface area contributed by atoms with Gasteiger partial charge in [0.1, 0.15) is 0 Å². The van der Waals surface area contributed by atoms with Gasteiger partial charge < -0.3 is 10.6 Å². The average Bonchev–Trinajstić information content (AvgIpc) is 2.67. The summed E-state index contributed by atoms with van der Waals surface area (Å²) in [5.41, 5.74) is 6.25. The van der Waals surface area contributed by atoms with Crippen molar-refractivity contribution in [1.82, 2.24) is 9.21 Å². The van der Waals surface area contributed by atoms with Gasteiger partial charge in [-0.15, -0.1) is 12.4 Å². The molecule has 2 unspecified atom stereocenters. The molecule has 1 aromatic rings. The van der Waals surface area contributed by atoms with Gasteiger partial charge in [-0.25, -0.2) is 8.42 Å². The molecule has 1 aromatic carbocycles. The second kappa shape index (κ2) is 9.37. The van der Waals surface area contributed by atoms with E-state index in [1.807, 2.05) is 6.92 Å². The molecule has 27 heavy (non-hydrogen) atoms. The number of nitrogens with zero attached hydrogens (tertiary/aromatic N) is 2. The Balaban J connectivity index is 0.00000261. The Hall–Kier alpha value is -1.15. The molecular formula is C19H30ClN3O3S. The molecule has 8 heteroatoms. The smallest absolute Gasteiger partial charge is 0.254 e. The molecule has 2 heterocycles. The number of amides is 1.